The van der Waals surface area contributed by atoms with E-state index in [1.165, 1.54) is 0 Å². The Kier molecular flexibility index (Phi) is 7.29. The van der Waals surface area contributed by atoms with Crippen LogP contribution in [-0.4, -0.2) is 4.98 Å². The second kappa shape index (κ2) is 9.30. The lowest BCUT2D eigenvalue weighted by molar-refractivity contribution is -0.137. The van der Waals surface area contributed by atoms with Crippen molar-refractivity contribution in [2.24, 2.45) is 0 Å². The van der Waals surface area contributed by atoms with Crippen molar-refractivity contribution in [2.45, 2.75) is 33.5 Å². The van der Waals surface area contributed by atoms with Gasteiger partial charge in [0.15, 0.2) is 5.01 Å². The highest BCUT2D eigenvalue weighted by molar-refractivity contribution is 7.12. The van der Waals surface area contributed by atoms with Crippen LogP contribution in [0.25, 0.3) is 11.3 Å². The van der Waals surface area contributed by atoms with Crippen molar-refractivity contribution in [1.29, 1.82) is 0 Å². The molecule has 0 spiro atoms. The third-order valence-electron chi connectivity index (χ3n) is 3.77. The second-order valence-corrected chi connectivity index (χ2v) is 6.90. The first-order chi connectivity index (χ1) is 13.6. The SMILES string of the molecule is CC.Cc1sc(C(F)(F)F)nc1-c1ccc(NCc2c(F)cc(F)cc2F)cc1. The summed E-state index contributed by atoms with van der Waals surface area (Å²) in [5.74, 6) is -3.02. The molecule has 0 fully saturated rings. The molecule has 3 rings (SSSR count). The molecule has 0 unspecified atom stereocenters. The average Bonchev–Trinajstić information content (AvgIpc) is 3.05. The zero-order valence-corrected chi connectivity index (χ0v) is 16.6. The number of hydrogen-bond acceptors (Lipinski definition) is 3. The van der Waals surface area contributed by atoms with E-state index >= 15 is 0 Å². The van der Waals surface area contributed by atoms with Gasteiger partial charge in [0.1, 0.15) is 17.5 Å². The van der Waals surface area contributed by atoms with Crippen LogP contribution < -0.4 is 5.32 Å². The highest BCUT2D eigenvalue weighted by Gasteiger charge is 2.35. The summed E-state index contributed by atoms with van der Waals surface area (Å²) < 4.78 is 78.5. The Morgan fingerprint density at radius 2 is 1.52 bits per heavy atom. The Balaban J connectivity index is 0.00000145. The van der Waals surface area contributed by atoms with Crippen LogP contribution in [0.4, 0.5) is 32.0 Å². The molecule has 0 aliphatic carbocycles. The highest BCUT2D eigenvalue weighted by atomic mass is 32.1. The van der Waals surface area contributed by atoms with Crippen LogP contribution in [0.1, 0.15) is 29.3 Å². The molecule has 1 N–H and O–H groups in total. The van der Waals surface area contributed by atoms with E-state index in [-0.39, 0.29) is 17.8 Å². The molecule has 29 heavy (non-hydrogen) atoms. The van der Waals surface area contributed by atoms with Crippen molar-refractivity contribution in [2.75, 3.05) is 5.32 Å². The molecule has 0 saturated carbocycles. The normalized spacial score (nSPS) is 11.1. The number of anilines is 1. The molecule has 2 nitrogen and oxygen atoms in total. The monoisotopic (exact) mass is 432 g/mol. The fraction of sp³-hybridized carbons (Fsp3) is 0.250. The molecule has 9 heteroatoms. The predicted octanol–water partition coefficient (Wildman–Crippen LogP) is 7.19. The standard InChI is InChI=1S/C18H12F6N2S.C2H6/c1-9-16(26-17(27-9)18(22,23)24)10-2-4-12(5-3-10)25-8-13-14(20)6-11(19)7-15(13)21;1-2/h2-7,25H,8H2,1H3;1-2H3. The minimum absolute atomic E-state index is 0.217. The van der Waals surface area contributed by atoms with Crippen molar-refractivity contribution in [3.8, 4) is 11.3 Å². The maximum absolute atomic E-state index is 13.6. The molecule has 1 aromatic heterocycles. The van der Waals surface area contributed by atoms with Crippen LogP contribution in [0.3, 0.4) is 0 Å². The molecule has 2 aromatic carbocycles. The Bertz CT molecular complexity index is 941. The van der Waals surface area contributed by atoms with E-state index in [0.717, 1.165) is 0 Å². The summed E-state index contributed by atoms with van der Waals surface area (Å²) in [7, 11) is 0. The van der Waals surface area contributed by atoms with Crippen molar-refractivity contribution >= 4 is 17.0 Å². The van der Waals surface area contributed by atoms with Gasteiger partial charge in [0, 0.05) is 40.4 Å². The number of nitrogens with one attached hydrogen (secondary N) is 1. The van der Waals surface area contributed by atoms with Gasteiger partial charge in [-0.05, 0) is 19.1 Å². The molecule has 0 atom stereocenters. The molecule has 0 amide bonds. The average molecular weight is 432 g/mol. The fourth-order valence-corrected chi connectivity index (χ4v) is 3.27. The molecule has 0 radical (unpaired) electrons. The quantitative estimate of drug-likeness (QED) is 0.441. The van der Waals surface area contributed by atoms with Gasteiger partial charge in [-0.3, -0.25) is 0 Å². The lowest BCUT2D eigenvalue weighted by Gasteiger charge is -2.09. The summed E-state index contributed by atoms with van der Waals surface area (Å²) >= 11 is 0.567. The molecular formula is C20H18F6N2S. The van der Waals surface area contributed by atoms with E-state index in [1.54, 1.807) is 31.2 Å². The van der Waals surface area contributed by atoms with Crippen LogP contribution in [0.15, 0.2) is 36.4 Å². The van der Waals surface area contributed by atoms with Crippen LogP contribution in [0.5, 0.6) is 0 Å². The van der Waals surface area contributed by atoms with Gasteiger partial charge in [0.25, 0.3) is 0 Å². The van der Waals surface area contributed by atoms with E-state index in [1.807, 2.05) is 13.8 Å². The molecule has 3 aromatic rings. The van der Waals surface area contributed by atoms with Crippen LogP contribution >= 0.6 is 11.3 Å². The van der Waals surface area contributed by atoms with Gasteiger partial charge in [-0.15, -0.1) is 11.3 Å². The highest BCUT2D eigenvalue weighted by Crippen LogP contribution is 2.37. The zero-order valence-electron chi connectivity index (χ0n) is 15.8. The van der Waals surface area contributed by atoms with Gasteiger partial charge in [-0.1, -0.05) is 26.0 Å². The van der Waals surface area contributed by atoms with Gasteiger partial charge in [-0.2, -0.15) is 13.2 Å². The fourth-order valence-electron chi connectivity index (χ4n) is 2.46. The number of nitrogens with zero attached hydrogens (tertiary/aromatic N) is 1. The Morgan fingerprint density at radius 1 is 0.966 bits per heavy atom. The number of hydrogen-bond donors (Lipinski definition) is 1. The smallest absolute Gasteiger partial charge is 0.381 e. The Hall–Kier alpha value is -2.55. The van der Waals surface area contributed by atoms with Gasteiger partial charge in [-0.25, -0.2) is 18.2 Å². The largest absolute Gasteiger partial charge is 0.443 e. The summed E-state index contributed by atoms with van der Waals surface area (Å²) in [5, 5.41) is 1.87. The summed E-state index contributed by atoms with van der Waals surface area (Å²) in [4.78, 5) is 4.07. The molecule has 0 saturated heterocycles. The van der Waals surface area contributed by atoms with Crippen LogP contribution in [0, 0.1) is 24.4 Å². The first-order valence-corrected chi connectivity index (χ1v) is 9.49. The minimum atomic E-state index is -4.50. The van der Waals surface area contributed by atoms with Crippen molar-refractivity contribution in [3.63, 3.8) is 0 Å². The maximum Gasteiger partial charge on any atom is 0.443 e. The van der Waals surface area contributed by atoms with E-state index in [4.69, 9.17) is 0 Å². The molecule has 0 aliphatic heterocycles. The van der Waals surface area contributed by atoms with E-state index in [9.17, 15) is 26.3 Å². The van der Waals surface area contributed by atoms with Crippen molar-refractivity contribution in [3.05, 3.63) is 69.3 Å². The summed E-state index contributed by atoms with van der Waals surface area (Å²) in [5.41, 5.74) is 0.898. The topological polar surface area (TPSA) is 24.9 Å². The lowest BCUT2D eigenvalue weighted by Crippen LogP contribution is -2.05. The summed E-state index contributed by atoms with van der Waals surface area (Å²) in [6, 6.07) is 7.41. The third kappa shape index (κ3) is 5.50. The van der Waals surface area contributed by atoms with Gasteiger partial charge in [0.05, 0.1) is 5.69 Å². The second-order valence-electron chi connectivity index (χ2n) is 5.70. The number of aromatic nitrogens is 1. The van der Waals surface area contributed by atoms with Gasteiger partial charge < -0.3 is 5.32 Å². The number of thiazole rings is 1. The number of benzene rings is 2. The minimum Gasteiger partial charge on any atom is -0.381 e. The number of aryl methyl sites for hydroxylation is 1. The van der Waals surface area contributed by atoms with E-state index < -0.39 is 28.6 Å². The van der Waals surface area contributed by atoms with Crippen molar-refractivity contribution in [1.82, 2.24) is 4.98 Å². The maximum atomic E-state index is 13.6. The predicted molar refractivity (Wildman–Crippen MR) is 102 cm³/mol. The first-order valence-electron chi connectivity index (χ1n) is 8.67. The van der Waals surface area contributed by atoms with Gasteiger partial charge >= 0.3 is 6.18 Å². The molecule has 1 heterocycles. The first kappa shape index (κ1) is 22.7. The number of rotatable bonds is 4. The van der Waals surface area contributed by atoms with E-state index in [0.29, 0.717) is 39.6 Å². The molecule has 0 aliphatic rings. The number of alkyl halides is 3. The zero-order chi connectivity index (χ0) is 21.8. The molecule has 0 bridgehead atoms. The van der Waals surface area contributed by atoms with Crippen LogP contribution in [-0.2, 0) is 12.7 Å². The summed E-state index contributed by atoms with van der Waals surface area (Å²) in [6.45, 7) is 5.33. The molecule has 156 valence electrons. The van der Waals surface area contributed by atoms with Crippen molar-refractivity contribution < 1.29 is 26.3 Å². The van der Waals surface area contributed by atoms with Crippen LogP contribution in [0.2, 0.25) is 0 Å². The Morgan fingerprint density at radius 3 is 2.00 bits per heavy atom. The third-order valence-corrected chi connectivity index (χ3v) is 4.79. The summed E-state index contributed by atoms with van der Waals surface area (Å²) in [6.07, 6.45) is -4.50. The van der Waals surface area contributed by atoms with Gasteiger partial charge in [0.2, 0.25) is 0 Å². The Labute approximate surface area is 168 Å². The molecular weight excluding hydrogens is 414 g/mol. The van der Waals surface area contributed by atoms with E-state index in [2.05, 4.69) is 10.3 Å². The lowest BCUT2D eigenvalue weighted by atomic mass is 10.1. The number of halogens is 6.